The highest BCUT2D eigenvalue weighted by Gasteiger charge is 2.24. The number of anilines is 2. The van der Waals surface area contributed by atoms with Crippen LogP contribution in [0.5, 0.6) is 0 Å². The Balaban J connectivity index is 1.23. The number of carbonyl (C=O) groups is 2. The third-order valence-electron chi connectivity index (χ3n) is 6.27. The molecule has 1 fully saturated rings. The number of halogens is 2. The highest BCUT2D eigenvalue weighted by molar-refractivity contribution is 6.36. The molecule has 1 aliphatic rings. The Bertz CT molecular complexity index is 1400. The number of hydrogen-bond donors (Lipinski definition) is 1. The average Bonchev–Trinajstić information content (AvgIpc) is 2.89. The second-order valence-corrected chi connectivity index (χ2v) is 8.81. The first-order valence-corrected chi connectivity index (χ1v) is 11.8. The molecule has 0 aromatic heterocycles. The van der Waals surface area contributed by atoms with Crippen LogP contribution < -0.4 is 10.2 Å². The van der Waals surface area contributed by atoms with Crippen LogP contribution in [0.1, 0.15) is 20.7 Å². The van der Waals surface area contributed by atoms with Crippen molar-refractivity contribution in [3.8, 4) is 0 Å². The SMILES string of the molecule is O=C(Nc1ccc(N2CCN(C(=O)c3ccccc3F)CC2)cc1)c1cccc2c(Cl)cccc12. The van der Waals surface area contributed by atoms with Gasteiger partial charge in [0.25, 0.3) is 11.8 Å². The van der Waals surface area contributed by atoms with Crippen molar-refractivity contribution in [2.45, 2.75) is 0 Å². The number of nitrogens with zero attached hydrogens (tertiary/aromatic N) is 2. The van der Waals surface area contributed by atoms with E-state index in [9.17, 15) is 14.0 Å². The van der Waals surface area contributed by atoms with Gasteiger partial charge in [0.05, 0.1) is 5.56 Å². The Morgan fingerprint density at radius 1 is 0.743 bits per heavy atom. The van der Waals surface area contributed by atoms with E-state index in [-0.39, 0.29) is 17.4 Å². The average molecular weight is 488 g/mol. The van der Waals surface area contributed by atoms with Crippen LogP contribution in [-0.4, -0.2) is 42.9 Å². The van der Waals surface area contributed by atoms with Gasteiger partial charge in [0.15, 0.2) is 0 Å². The molecule has 1 N–H and O–H groups in total. The predicted octanol–water partition coefficient (Wildman–Crippen LogP) is 5.85. The molecule has 0 aliphatic carbocycles. The summed E-state index contributed by atoms with van der Waals surface area (Å²) in [6, 6.07) is 24.7. The summed E-state index contributed by atoms with van der Waals surface area (Å²) in [6.07, 6.45) is 0. The van der Waals surface area contributed by atoms with Crippen LogP contribution in [-0.2, 0) is 0 Å². The Hall–Kier alpha value is -3.90. The minimum absolute atomic E-state index is 0.106. The van der Waals surface area contributed by atoms with Crippen molar-refractivity contribution >= 4 is 45.6 Å². The summed E-state index contributed by atoms with van der Waals surface area (Å²) in [7, 11) is 0. The van der Waals surface area contributed by atoms with E-state index in [1.165, 1.54) is 12.1 Å². The molecule has 5 nitrogen and oxygen atoms in total. The maximum Gasteiger partial charge on any atom is 0.256 e. The highest BCUT2D eigenvalue weighted by Crippen LogP contribution is 2.27. The molecule has 0 bridgehead atoms. The van der Waals surface area contributed by atoms with Gasteiger partial charge >= 0.3 is 0 Å². The van der Waals surface area contributed by atoms with Gasteiger partial charge in [-0.1, -0.05) is 48.0 Å². The molecule has 1 heterocycles. The van der Waals surface area contributed by atoms with Gasteiger partial charge in [-0.25, -0.2) is 4.39 Å². The van der Waals surface area contributed by atoms with Gasteiger partial charge in [-0.3, -0.25) is 9.59 Å². The van der Waals surface area contributed by atoms with Crippen LogP contribution in [0.2, 0.25) is 5.02 Å². The van der Waals surface area contributed by atoms with Crippen molar-refractivity contribution in [2.75, 3.05) is 36.4 Å². The minimum atomic E-state index is -0.496. The molecule has 4 aromatic rings. The predicted molar refractivity (Wildman–Crippen MR) is 138 cm³/mol. The zero-order valence-corrected chi connectivity index (χ0v) is 19.6. The molecule has 7 heteroatoms. The van der Waals surface area contributed by atoms with Crippen molar-refractivity contribution in [3.63, 3.8) is 0 Å². The van der Waals surface area contributed by atoms with E-state index in [4.69, 9.17) is 11.6 Å². The summed E-state index contributed by atoms with van der Waals surface area (Å²) in [6.45, 7) is 2.30. The summed E-state index contributed by atoms with van der Waals surface area (Å²) >= 11 is 6.27. The molecular weight excluding hydrogens is 465 g/mol. The van der Waals surface area contributed by atoms with Crippen LogP contribution in [0.15, 0.2) is 84.9 Å². The lowest BCUT2D eigenvalue weighted by molar-refractivity contribution is 0.0742. The molecule has 0 atom stereocenters. The maximum atomic E-state index is 14.0. The molecule has 1 saturated heterocycles. The van der Waals surface area contributed by atoms with E-state index in [2.05, 4.69) is 10.2 Å². The van der Waals surface area contributed by atoms with Crippen molar-refractivity contribution in [2.24, 2.45) is 0 Å². The van der Waals surface area contributed by atoms with Crippen LogP contribution in [0.4, 0.5) is 15.8 Å². The molecule has 0 unspecified atom stereocenters. The van der Waals surface area contributed by atoms with Crippen LogP contribution in [0.3, 0.4) is 0 Å². The Morgan fingerprint density at radius 2 is 1.40 bits per heavy atom. The van der Waals surface area contributed by atoms with E-state index >= 15 is 0 Å². The maximum absolute atomic E-state index is 14.0. The smallest absolute Gasteiger partial charge is 0.256 e. The minimum Gasteiger partial charge on any atom is -0.368 e. The number of nitrogens with one attached hydrogen (secondary N) is 1. The number of hydrogen-bond acceptors (Lipinski definition) is 3. The normalized spacial score (nSPS) is 13.7. The van der Waals surface area contributed by atoms with E-state index < -0.39 is 5.82 Å². The highest BCUT2D eigenvalue weighted by atomic mass is 35.5. The molecule has 0 saturated carbocycles. The summed E-state index contributed by atoms with van der Waals surface area (Å²) in [5.74, 6) is -0.981. The Kier molecular flexibility index (Phi) is 6.38. The van der Waals surface area contributed by atoms with Gasteiger partial charge in [-0.05, 0) is 53.9 Å². The molecule has 0 radical (unpaired) electrons. The molecule has 2 amide bonds. The monoisotopic (exact) mass is 487 g/mol. The number of rotatable bonds is 4. The quantitative estimate of drug-likeness (QED) is 0.393. The van der Waals surface area contributed by atoms with E-state index in [0.29, 0.717) is 42.5 Å². The van der Waals surface area contributed by atoms with Gasteiger partial charge < -0.3 is 15.1 Å². The zero-order valence-electron chi connectivity index (χ0n) is 18.9. The van der Waals surface area contributed by atoms with Crippen LogP contribution in [0, 0.1) is 5.82 Å². The lowest BCUT2D eigenvalue weighted by Gasteiger charge is -2.36. The Morgan fingerprint density at radius 3 is 2.14 bits per heavy atom. The van der Waals surface area contributed by atoms with Gasteiger partial charge in [-0.2, -0.15) is 0 Å². The topological polar surface area (TPSA) is 52.7 Å². The molecule has 5 rings (SSSR count). The first kappa shape index (κ1) is 22.9. The summed E-state index contributed by atoms with van der Waals surface area (Å²) in [5, 5.41) is 5.21. The van der Waals surface area contributed by atoms with Crippen LogP contribution >= 0.6 is 11.6 Å². The number of amides is 2. The first-order chi connectivity index (χ1) is 17.0. The lowest BCUT2D eigenvalue weighted by atomic mass is 10.0. The first-order valence-electron chi connectivity index (χ1n) is 11.4. The largest absolute Gasteiger partial charge is 0.368 e. The van der Waals surface area contributed by atoms with Crippen molar-refractivity contribution in [1.29, 1.82) is 0 Å². The van der Waals surface area contributed by atoms with Crippen LogP contribution in [0.25, 0.3) is 10.8 Å². The van der Waals surface area contributed by atoms with Crippen molar-refractivity contribution in [1.82, 2.24) is 4.90 Å². The summed E-state index contributed by atoms with van der Waals surface area (Å²) in [5.41, 5.74) is 2.35. The number of piperazine rings is 1. The van der Waals surface area contributed by atoms with E-state index in [0.717, 1.165) is 16.5 Å². The van der Waals surface area contributed by atoms with Crippen molar-refractivity contribution < 1.29 is 14.0 Å². The molecule has 1 aliphatic heterocycles. The molecule has 4 aromatic carbocycles. The number of carbonyl (C=O) groups excluding carboxylic acids is 2. The lowest BCUT2D eigenvalue weighted by Crippen LogP contribution is -2.49. The summed E-state index contributed by atoms with van der Waals surface area (Å²) < 4.78 is 14.0. The standard InChI is InChI=1S/C28H23ClFN3O2/c29-25-9-4-6-21-22(25)7-3-8-23(21)27(34)31-19-11-13-20(14-12-19)32-15-17-33(18-16-32)28(35)24-5-1-2-10-26(24)30/h1-14H,15-18H2,(H,31,34). The van der Waals surface area contributed by atoms with Gasteiger partial charge in [0.1, 0.15) is 5.82 Å². The zero-order chi connectivity index (χ0) is 24.4. The molecule has 176 valence electrons. The van der Waals surface area contributed by atoms with Crippen molar-refractivity contribution in [3.05, 3.63) is 107 Å². The number of benzene rings is 4. The fourth-order valence-electron chi connectivity index (χ4n) is 4.40. The molecular formula is C28H23ClFN3O2. The van der Waals surface area contributed by atoms with Gasteiger partial charge in [0.2, 0.25) is 0 Å². The van der Waals surface area contributed by atoms with E-state index in [1.807, 2.05) is 48.5 Å². The number of fused-ring (bicyclic) bond motifs is 1. The fourth-order valence-corrected chi connectivity index (χ4v) is 4.63. The Labute approximate surface area is 207 Å². The molecule has 35 heavy (non-hydrogen) atoms. The third-order valence-corrected chi connectivity index (χ3v) is 6.60. The van der Waals surface area contributed by atoms with Gasteiger partial charge in [0, 0.05) is 53.5 Å². The van der Waals surface area contributed by atoms with E-state index in [1.54, 1.807) is 29.2 Å². The fraction of sp³-hybridized carbons (Fsp3) is 0.143. The van der Waals surface area contributed by atoms with Gasteiger partial charge in [-0.15, -0.1) is 0 Å². The third kappa shape index (κ3) is 4.70. The second kappa shape index (κ2) is 9.76. The summed E-state index contributed by atoms with van der Waals surface area (Å²) in [4.78, 5) is 29.4. The second-order valence-electron chi connectivity index (χ2n) is 8.40. The molecule has 0 spiro atoms.